The van der Waals surface area contributed by atoms with Gasteiger partial charge in [-0.05, 0) is 13.3 Å². The summed E-state index contributed by atoms with van der Waals surface area (Å²) in [7, 11) is 0. The molecule has 0 atom stereocenters. The number of aromatic amines is 1. The summed E-state index contributed by atoms with van der Waals surface area (Å²) in [6, 6.07) is 1.82. The summed E-state index contributed by atoms with van der Waals surface area (Å²) < 4.78 is 2.51. The fraction of sp³-hybridized carbons (Fsp3) is 0.467. The van der Waals surface area contributed by atoms with Gasteiger partial charge in [-0.15, -0.1) is 10.2 Å². The first kappa shape index (κ1) is 18.9. The molecule has 11 heteroatoms. The van der Waals surface area contributed by atoms with Crippen molar-refractivity contribution in [2.24, 2.45) is 0 Å². The summed E-state index contributed by atoms with van der Waals surface area (Å²) in [6.07, 6.45) is 2.78. The second kappa shape index (κ2) is 8.11. The van der Waals surface area contributed by atoms with Crippen LogP contribution in [0.25, 0.3) is 0 Å². The standard InChI is InChI=1S/C15H20N8O3/c1-3-5-6-23-13(17)12(14(25)19-15(23)26)22(4-2)11(24)8-21-9-18-20-10(21)7-16/h9H,3-6,8,17H2,1-2H3,(H,19,25,26). The number of nitrogen functional groups attached to an aromatic ring is 1. The minimum atomic E-state index is -0.736. The number of nitrogens with two attached hydrogens (primary N) is 1. The van der Waals surface area contributed by atoms with Crippen molar-refractivity contribution in [1.82, 2.24) is 24.3 Å². The van der Waals surface area contributed by atoms with E-state index in [1.165, 1.54) is 20.4 Å². The molecular weight excluding hydrogens is 340 g/mol. The first-order valence-electron chi connectivity index (χ1n) is 8.15. The molecule has 138 valence electrons. The Balaban J connectivity index is 2.43. The van der Waals surface area contributed by atoms with Crippen LogP contribution < -0.4 is 21.9 Å². The molecule has 11 nitrogen and oxygen atoms in total. The molecule has 2 rings (SSSR count). The molecule has 2 aromatic heterocycles. The maximum absolute atomic E-state index is 12.7. The van der Waals surface area contributed by atoms with Crippen molar-refractivity contribution in [2.75, 3.05) is 17.2 Å². The third-order valence-electron chi connectivity index (χ3n) is 3.86. The first-order chi connectivity index (χ1) is 12.4. The number of unbranched alkanes of at least 4 members (excludes halogenated alkanes) is 1. The highest BCUT2D eigenvalue weighted by Gasteiger charge is 2.23. The van der Waals surface area contributed by atoms with Crippen molar-refractivity contribution in [3.05, 3.63) is 33.0 Å². The molecule has 0 saturated heterocycles. The maximum atomic E-state index is 12.7. The van der Waals surface area contributed by atoms with Gasteiger partial charge < -0.3 is 10.6 Å². The van der Waals surface area contributed by atoms with E-state index in [4.69, 9.17) is 11.0 Å². The van der Waals surface area contributed by atoms with E-state index in [0.717, 1.165) is 6.42 Å². The molecule has 0 aromatic carbocycles. The minimum Gasteiger partial charge on any atom is -0.383 e. The lowest BCUT2D eigenvalue weighted by molar-refractivity contribution is -0.119. The molecule has 2 heterocycles. The van der Waals surface area contributed by atoms with Gasteiger partial charge in [-0.3, -0.25) is 23.7 Å². The average molecular weight is 360 g/mol. The quantitative estimate of drug-likeness (QED) is 0.670. The molecule has 0 aliphatic rings. The molecule has 26 heavy (non-hydrogen) atoms. The fourth-order valence-electron chi connectivity index (χ4n) is 2.52. The lowest BCUT2D eigenvalue weighted by Crippen LogP contribution is -2.42. The number of amides is 1. The van der Waals surface area contributed by atoms with E-state index < -0.39 is 17.2 Å². The SMILES string of the molecule is CCCCn1c(N)c(N(CC)C(=O)Cn2cnnc2C#N)c(=O)[nH]c1=O. The van der Waals surface area contributed by atoms with Gasteiger partial charge in [0.25, 0.3) is 5.56 Å². The molecule has 0 radical (unpaired) electrons. The van der Waals surface area contributed by atoms with E-state index in [-0.39, 0.29) is 30.4 Å². The monoisotopic (exact) mass is 360 g/mol. The molecule has 2 aromatic rings. The van der Waals surface area contributed by atoms with E-state index >= 15 is 0 Å². The van der Waals surface area contributed by atoms with Crippen molar-refractivity contribution >= 4 is 17.4 Å². The molecule has 0 fully saturated rings. The predicted octanol–water partition coefficient (Wildman–Crippen LogP) is -0.565. The van der Waals surface area contributed by atoms with Gasteiger partial charge >= 0.3 is 5.69 Å². The zero-order chi connectivity index (χ0) is 19.3. The third-order valence-corrected chi connectivity index (χ3v) is 3.86. The largest absolute Gasteiger partial charge is 0.383 e. The number of nitriles is 1. The molecular formula is C15H20N8O3. The smallest absolute Gasteiger partial charge is 0.330 e. The Morgan fingerprint density at radius 1 is 1.42 bits per heavy atom. The number of nitrogens with zero attached hydrogens (tertiary/aromatic N) is 6. The van der Waals surface area contributed by atoms with Crippen LogP contribution in [0.3, 0.4) is 0 Å². The number of rotatable bonds is 7. The van der Waals surface area contributed by atoms with Crippen molar-refractivity contribution in [1.29, 1.82) is 5.26 Å². The van der Waals surface area contributed by atoms with Gasteiger partial charge in [-0.25, -0.2) is 4.79 Å². The van der Waals surface area contributed by atoms with Crippen molar-refractivity contribution < 1.29 is 4.79 Å². The molecule has 0 bridgehead atoms. The van der Waals surface area contributed by atoms with Crippen LogP contribution in [0.1, 0.15) is 32.5 Å². The van der Waals surface area contributed by atoms with Gasteiger partial charge in [0.1, 0.15) is 24.8 Å². The lowest BCUT2D eigenvalue weighted by atomic mass is 10.3. The molecule has 3 N–H and O–H groups in total. The number of anilines is 2. The number of likely N-dealkylation sites (N-methyl/N-ethyl adjacent to an activating group) is 1. The van der Waals surface area contributed by atoms with Gasteiger partial charge in [0.2, 0.25) is 11.7 Å². The molecule has 0 aliphatic heterocycles. The molecule has 1 amide bonds. The Hall–Kier alpha value is -3.42. The Kier molecular flexibility index (Phi) is 5.90. The van der Waals surface area contributed by atoms with Crippen molar-refractivity contribution in [2.45, 2.75) is 39.8 Å². The molecule has 0 spiro atoms. The van der Waals surface area contributed by atoms with Crippen LogP contribution >= 0.6 is 0 Å². The normalized spacial score (nSPS) is 10.5. The summed E-state index contributed by atoms with van der Waals surface area (Å²) >= 11 is 0. The topological polar surface area (TPSA) is 156 Å². The maximum Gasteiger partial charge on any atom is 0.330 e. The number of aromatic nitrogens is 5. The summed E-state index contributed by atoms with van der Waals surface area (Å²) in [5, 5.41) is 16.1. The van der Waals surface area contributed by atoms with E-state index in [1.807, 2.05) is 13.0 Å². The highest BCUT2D eigenvalue weighted by molar-refractivity contribution is 5.95. The second-order valence-electron chi connectivity index (χ2n) is 5.53. The summed E-state index contributed by atoms with van der Waals surface area (Å²) in [6.45, 7) is 3.89. The van der Waals surface area contributed by atoms with Crippen LogP contribution in [0.5, 0.6) is 0 Å². The molecule has 0 aliphatic carbocycles. The van der Waals surface area contributed by atoms with Crippen LogP contribution in [0.4, 0.5) is 11.5 Å². The zero-order valence-corrected chi connectivity index (χ0v) is 14.6. The predicted molar refractivity (Wildman–Crippen MR) is 93.4 cm³/mol. The molecule has 0 unspecified atom stereocenters. The van der Waals surface area contributed by atoms with Crippen LogP contribution in [-0.4, -0.2) is 36.8 Å². The zero-order valence-electron chi connectivity index (χ0n) is 14.6. The summed E-state index contributed by atoms with van der Waals surface area (Å²) in [5.41, 5.74) is 4.60. The number of carbonyl (C=O) groups is 1. The Bertz CT molecular complexity index is 949. The van der Waals surface area contributed by atoms with Gasteiger partial charge in [0.05, 0.1) is 0 Å². The fourth-order valence-corrected chi connectivity index (χ4v) is 2.52. The average Bonchev–Trinajstić information content (AvgIpc) is 3.05. The number of hydrogen-bond acceptors (Lipinski definition) is 7. The van der Waals surface area contributed by atoms with E-state index in [0.29, 0.717) is 13.0 Å². The lowest BCUT2D eigenvalue weighted by Gasteiger charge is -2.23. The van der Waals surface area contributed by atoms with Gasteiger partial charge in [0, 0.05) is 13.1 Å². The van der Waals surface area contributed by atoms with Crippen LogP contribution in [0, 0.1) is 11.3 Å². The Morgan fingerprint density at radius 2 is 2.15 bits per heavy atom. The second-order valence-corrected chi connectivity index (χ2v) is 5.53. The van der Waals surface area contributed by atoms with Gasteiger partial charge in [-0.2, -0.15) is 5.26 Å². The summed E-state index contributed by atoms with van der Waals surface area (Å²) in [4.78, 5) is 40.3. The number of H-pyrrole nitrogens is 1. The van der Waals surface area contributed by atoms with Crippen LogP contribution in [0.2, 0.25) is 0 Å². The Morgan fingerprint density at radius 3 is 2.77 bits per heavy atom. The highest BCUT2D eigenvalue weighted by atomic mass is 16.2. The van der Waals surface area contributed by atoms with Crippen molar-refractivity contribution in [3.8, 4) is 6.07 Å². The number of nitrogens with one attached hydrogen (secondary N) is 1. The third kappa shape index (κ3) is 3.64. The van der Waals surface area contributed by atoms with Gasteiger partial charge in [0.15, 0.2) is 5.69 Å². The molecule has 0 saturated carbocycles. The number of hydrogen-bond donors (Lipinski definition) is 2. The van der Waals surface area contributed by atoms with Gasteiger partial charge in [-0.1, -0.05) is 13.3 Å². The Labute approximate surface area is 148 Å². The highest BCUT2D eigenvalue weighted by Crippen LogP contribution is 2.17. The van der Waals surface area contributed by atoms with Crippen LogP contribution in [0.15, 0.2) is 15.9 Å². The van der Waals surface area contributed by atoms with E-state index in [1.54, 1.807) is 6.92 Å². The van der Waals surface area contributed by atoms with Crippen molar-refractivity contribution in [3.63, 3.8) is 0 Å². The minimum absolute atomic E-state index is 0.0239. The van der Waals surface area contributed by atoms with E-state index in [9.17, 15) is 14.4 Å². The number of carbonyl (C=O) groups excluding carboxylic acids is 1. The van der Waals surface area contributed by atoms with Crippen LogP contribution in [-0.2, 0) is 17.9 Å². The summed E-state index contributed by atoms with van der Waals surface area (Å²) in [5.74, 6) is -0.572. The first-order valence-corrected chi connectivity index (χ1v) is 8.15. The van der Waals surface area contributed by atoms with E-state index in [2.05, 4.69) is 15.2 Å².